The number of benzene rings is 1. The number of thiophene rings is 1. The second-order valence-corrected chi connectivity index (χ2v) is 5.81. The van der Waals surface area contributed by atoms with E-state index in [0.29, 0.717) is 35.4 Å². The molecule has 6 heteroatoms. The third-order valence-corrected chi connectivity index (χ3v) is 4.02. The van der Waals surface area contributed by atoms with Crippen LogP contribution in [0, 0.1) is 0 Å². The number of carbonyl (C=O) groups excluding carboxylic acids is 1. The molecule has 1 amide bonds. The van der Waals surface area contributed by atoms with Crippen LogP contribution in [0.25, 0.3) is 0 Å². The first-order valence-corrected chi connectivity index (χ1v) is 7.63. The van der Waals surface area contributed by atoms with Gasteiger partial charge in [-0.25, -0.2) is 0 Å². The maximum Gasteiger partial charge on any atom is 0.261 e. The highest BCUT2D eigenvalue weighted by molar-refractivity contribution is 7.14. The molecule has 0 aliphatic heterocycles. The zero-order valence-electron chi connectivity index (χ0n) is 11.6. The monoisotopic (exact) mass is 325 g/mol. The van der Waals surface area contributed by atoms with Crippen LogP contribution in [-0.4, -0.2) is 26.2 Å². The van der Waals surface area contributed by atoms with Crippen molar-refractivity contribution in [3.05, 3.63) is 51.2 Å². The van der Waals surface area contributed by atoms with Gasteiger partial charge in [-0.3, -0.25) is 4.79 Å². The number of halogens is 1. The SMILES string of the molecule is COCc1ccc(C(=O)NCCOc2ccccc2Cl)s1. The van der Waals surface area contributed by atoms with Gasteiger partial charge in [-0.15, -0.1) is 11.3 Å². The van der Waals surface area contributed by atoms with E-state index in [9.17, 15) is 4.79 Å². The van der Waals surface area contributed by atoms with Crippen LogP contribution >= 0.6 is 22.9 Å². The van der Waals surface area contributed by atoms with Crippen LogP contribution in [0.5, 0.6) is 5.75 Å². The summed E-state index contributed by atoms with van der Waals surface area (Å²) >= 11 is 7.40. The van der Waals surface area contributed by atoms with Crippen molar-refractivity contribution in [2.45, 2.75) is 6.61 Å². The second kappa shape index (κ2) is 8.02. The normalized spacial score (nSPS) is 10.4. The standard InChI is InChI=1S/C15H16ClNO3S/c1-19-10-11-6-7-14(21-11)15(18)17-8-9-20-13-5-3-2-4-12(13)16/h2-7H,8-10H2,1H3,(H,17,18). The molecule has 0 aliphatic carbocycles. The molecule has 1 heterocycles. The Balaban J connectivity index is 1.75. The first kappa shape index (κ1) is 15.8. The third kappa shape index (κ3) is 4.74. The molecule has 1 aromatic carbocycles. The molecular weight excluding hydrogens is 310 g/mol. The van der Waals surface area contributed by atoms with Gasteiger partial charge in [0.1, 0.15) is 12.4 Å². The summed E-state index contributed by atoms with van der Waals surface area (Å²) in [6.45, 7) is 1.31. The van der Waals surface area contributed by atoms with Crippen molar-refractivity contribution in [2.75, 3.05) is 20.3 Å². The van der Waals surface area contributed by atoms with Crippen molar-refractivity contribution >= 4 is 28.8 Å². The number of amides is 1. The summed E-state index contributed by atoms with van der Waals surface area (Å²) in [6.07, 6.45) is 0. The average molecular weight is 326 g/mol. The van der Waals surface area contributed by atoms with Gasteiger partial charge >= 0.3 is 0 Å². The molecule has 0 aliphatic rings. The summed E-state index contributed by atoms with van der Waals surface area (Å²) in [5, 5.41) is 3.37. The topological polar surface area (TPSA) is 47.6 Å². The van der Waals surface area contributed by atoms with E-state index in [4.69, 9.17) is 21.1 Å². The number of rotatable bonds is 7. The lowest BCUT2D eigenvalue weighted by Gasteiger charge is -2.08. The maximum absolute atomic E-state index is 11.9. The molecule has 0 saturated heterocycles. The third-order valence-electron chi connectivity index (χ3n) is 2.65. The minimum absolute atomic E-state index is 0.106. The fourth-order valence-electron chi connectivity index (χ4n) is 1.69. The summed E-state index contributed by atoms with van der Waals surface area (Å²) in [5.41, 5.74) is 0. The van der Waals surface area contributed by atoms with Gasteiger partial charge in [0.25, 0.3) is 5.91 Å². The second-order valence-electron chi connectivity index (χ2n) is 4.23. The van der Waals surface area contributed by atoms with Gasteiger partial charge < -0.3 is 14.8 Å². The molecule has 4 nitrogen and oxygen atoms in total. The van der Waals surface area contributed by atoms with Gasteiger partial charge in [-0.05, 0) is 24.3 Å². The molecule has 21 heavy (non-hydrogen) atoms. The molecule has 0 saturated carbocycles. The number of hydrogen-bond donors (Lipinski definition) is 1. The van der Waals surface area contributed by atoms with Crippen molar-refractivity contribution in [3.8, 4) is 5.75 Å². The molecule has 112 valence electrons. The van der Waals surface area contributed by atoms with E-state index in [1.54, 1.807) is 25.3 Å². The molecule has 0 fully saturated rings. The Kier molecular flexibility index (Phi) is 6.04. The molecule has 2 aromatic rings. The summed E-state index contributed by atoms with van der Waals surface area (Å²) < 4.78 is 10.5. The predicted octanol–water partition coefficient (Wildman–Crippen LogP) is 3.36. The average Bonchev–Trinajstić information content (AvgIpc) is 2.94. The lowest BCUT2D eigenvalue weighted by Crippen LogP contribution is -2.27. The van der Waals surface area contributed by atoms with E-state index in [0.717, 1.165) is 4.88 Å². The largest absolute Gasteiger partial charge is 0.490 e. The Morgan fingerprint density at radius 1 is 1.29 bits per heavy atom. The van der Waals surface area contributed by atoms with Crippen molar-refractivity contribution in [1.29, 1.82) is 0 Å². The summed E-state index contributed by atoms with van der Waals surface area (Å²) in [5.74, 6) is 0.511. The zero-order chi connectivity index (χ0) is 15.1. The highest BCUT2D eigenvalue weighted by Gasteiger charge is 2.08. The van der Waals surface area contributed by atoms with Crippen LogP contribution in [0.3, 0.4) is 0 Å². The summed E-state index contributed by atoms with van der Waals surface area (Å²) in [7, 11) is 1.63. The molecular formula is C15H16ClNO3S. The molecule has 0 radical (unpaired) electrons. The number of methoxy groups -OCH3 is 1. The number of hydrogen-bond acceptors (Lipinski definition) is 4. The predicted molar refractivity (Wildman–Crippen MR) is 84.3 cm³/mol. The highest BCUT2D eigenvalue weighted by Crippen LogP contribution is 2.22. The van der Waals surface area contributed by atoms with Crippen molar-refractivity contribution < 1.29 is 14.3 Å². The van der Waals surface area contributed by atoms with Crippen LogP contribution in [0.2, 0.25) is 5.02 Å². The molecule has 0 atom stereocenters. The van der Waals surface area contributed by atoms with Gasteiger partial charge in [0.05, 0.1) is 23.1 Å². The van der Waals surface area contributed by atoms with E-state index in [2.05, 4.69) is 5.32 Å². The molecule has 0 bridgehead atoms. The fraction of sp³-hybridized carbons (Fsp3) is 0.267. The Morgan fingerprint density at radius 2 is 2.10 bits per heavy atom. The fourth-order valence-corrected chi connectivity index (χ4v) is 2.78. The van der Waals surface area contributed by atoms with Crippen molar-refractivity contribution in [3.63, 3.8) is 0 Å². The van der Waals surface area contributed by atoms with Crippen molar-refractivity contribution in [2.24, 2.45) is 0 Å². The molecule has 0 unspecified atom stereocenters. The molecule has 1 aromatic heterocycles. The van der Waals surface area contributed by atoms with Gasteiger partial charge in [0.2, 0.25) is 0 Å². The lowest BCUT2D eigenvalue weighted by atomic mass is 10.3. The number of carbonyl (C=O) groups is 1. The first-order valence-electron chi connectivity index (χ1n) is 6.44. The maximum atomic E-state index is 11.9. The Labute approximate surface area is 132 Å². The Hall–Kier alpha value is -1.56. The van der Waals surface area contributed by atoms with Gasteiger partial charge in [-0.2, -0.15) is 0 Å². The summed E-state index contributed by atoms with van der Waals surface area (Å²) in [6, 6.07) is 10.9. The van der Waals surface area contributed by atoms with Gasteiger partial charge in [-0.1, -0.05) is 23.7 Å². The van der Waals surface area contributed by atoms with E-state index in [1.807, 2.05) is 18.2 Å². The zero-order valence-corrected chi connectivity index (χ0v) is 13.2. The molecule has 1 N–H and O–H groups in total. The minimum Gasteiger partial charge on any atom is -0.490 e. The Morgan fingerprint density at radius 3 is 2.86 bits per heavy atom. The first-order chi connectivity index (χ1) is 10.2. The number of nitrogens with one attached hydrogen (secondary N) is 1. The van der Waals surface area contributed by atoms with Gasteiger partial charge in [0, 0.05) is 12.0 Å². The minimum atomic E-state index is -0.106. The van der Waals surface area contributed by atoms with E-state index in [-0.39, 0.29) is 5.91 Å². The van der Waals surface area contributed by atoms with Crippen LogP contribution in [-0.2, 0) is 11.3 Å². The van der Waals surface area contributed by atoms with Crippen LogP contribution in [0.4, 0.5) is 0 Å². The van der Waals surface area contributed by atoms with Crippen LogP contribution in [0.1, 0.15) is 14.5 Å². The van der Waals surface area contributed by atoms with E-state index >= 15 is 0 Å². The Bertz CT molecular complexity index is 600. The quantitative estimate of drug-likeness (QED) is 0.794. The molecule has 2 rings (SSSR count). The van der Waals surface area contributed by atoms with Crippen LogP contribution in [0.15, 0.2) is 36.4 Å². The van der Waals surface area contributed by atoms with E-state index < -0.39 is 0 Å². The number of ether oxygens (including phenoxy) is 2. The molecule has 0 spiro atoms. The summed E-state index contributed by atoms with van der Waals surface area (Å²) in [4.78, 5) is 13.6. The van der Waals surface area contributed by atoms with Crippen LogP contribution < -0.4 is 10.1 Å². The smallest absolute Gasteiger partial charge is 0.261 e. The highest BCUT2D eigenvalue weighted by atomic mass is 35.5. The van der Waals surface area contributed by atoms with Gasteiger partial charge in [0.15, 0.2) is 0 Å². The van der Waals surface area contributed by atoms with Crippen molar-refractivity contribution in [1.82, 2.24) is 5.32 Å². The van der Waals surface area contributed by atoms with E-state index in [1.165, 1.54) is 11.3 Å². The number of para-hydroxylation sites is 1. The lowest BCUT2D eigenvalue weighted by molar-refractivity contribution is 0.0951.